The van der Waals surface area contributed by atoms with Crippen LogP contribution in [0.1, 0.15) is 18.5 Å². The second-order valence-corrected chi connectivity index (χ2v) is 6.04. The van der Waals surface area contributed by atoms with Gasteiger partial charge in [-0.15, -0.1) is 0 Å². The fourth-order valence-electron chi connectivity index (χ4n) is 2.44. The van der Waals surface area contributed by atoms with Crippen LogP contribution in [0, 0.1) is 5.82 Å². The molecule has 0 spiro atoms. The smallest absolute Gasteiger partial charge is 0.405 e. The Kier molecular flexibility index (Phi) is 5.17. The number of amides is 1. The number of carboxylic acid groups (broad SMARTS) is 1. The molecule has 3 N–H and O–H groups in total. The first kappa shape index (κ1) is 18.5. The van der Waals surface area contributed by atoms with E-state index in [1.54, 1.807) is 31.0 Å². The fraction of sp³-hybridized carbons (Fsp3) is 0.188. The molecule has 1 amide bonds. The molecule has 3 rings (SSSR count). The van der Waals surface area contributed by atoms with Crippen LogP contribution in [0.4, 0.5) is 20.8 Å². The van der Waals surface area contributed by atoms with Gasteiger partial charge in [0.05, 0.1) is 28.5 Å². The van der Waals surface area contributed by atoms with E-state index in [9.17, 15) is 9.18 Å². The van der Waals surface area contributed by atoms with Crippen molar-refractivity contribution in [3.05, 3.63) is 47.3 Å². The van der Waals surface area contributed by atoms with Crippen molar-refractivity contribution in [2.45, 2.75) is 13.0 Å². The molecule has 3 aromatic rings. The van der Waals surface area contributed by atoms with Gasteiger partial charge in [-0.25, -0.2) is 19.2 Å². The maximum Gasteiger partial charge on any atom is 0.405 e. The van der Waals surface area contributed by atoms with Gasteiger partial charge in [0.25, 0.3) is 0 Å². The maximum atomic E-state index is 14.8. The standard InChI is InChI=1S/C16H15ClFN7O2/c1-8(22-16(26)27)10-3-4-11(13(18)12(10)17)14-19-7-20-15(24-14)23-9-5-21-25(2)6-9/h3-8,22H,1-2H3,(H,26,27)(H,19,20,23,24)/t8-/m1/s1. The van der Waals surface area contributed by atoms with Crippen molar-refractivity contribution in [1.29, 1.82) is 0 Å². The Morgan fingerprint density at radius 1 is 1.37 bits per heavy atom. The lowest BCUT2D eigenvalue weighted by molar-refractivity contribution is 0.191. The molecule has 0 radical (unpaired) electrons. The third kappa shape index (κ3) is 4.11. The number of aryl methyl sites for hydroxylation is 1. The van der Waals surface area contributed by atoms with E-state index < -0.39 is 18.0 Å². The van der Waals surface area contributed by atoms with Crippen LogP contribution in [0.5, 0.6) is 0 Å². The first-order valence-corrected chi connectivity index (χ1v) is 8.15. The Morgan fingerprint density at radius 3 is 2.81 bits per heavy atom. The number of hydrogen-bond acceptors (Lipinski definition) is 6. The summed E-state index contributed by atoms with van der Waals surface area (Å²) in [5, 5.41) is 17.8. The van der Waals surface area contributed by atoms with Crippen molar-refractivity contribution >= 4 is 29.3 Å². The quantitative estimate of drug-likeness (QED) is 0.611. The molecule has 0 aliphatic heterocycles. The molecule has 9 nitrogen and oxygen atoms in total. The van der Waals surface area contributed by atoms with E-state index in [4.69, 9.17) is 16.7 Å². The first-order chi connectivity index (χ1) is 12.8. The van der Waals surface area contributed by atoms with Crippen LogP contribution in [0.25, 0.3) is 11.4 Å². The Bertz CT molecular complexity index is 995. The van der Waals surface area contributed by atoms with Crippen LogP contribution >= 0.6 is 11.6 Å². The van der Waals surface area contributed by atoms with Crippen LogP contribution in [-0.4, -0.2) is 35.9 Å². The van der Waals surface area contributed by atoms with E-state index in [0.717, 1.165) is 0 Å². The average molecular weight is 392 g/mol. The normalized spacial score (nSPS) is 11.9. The molecule has 2 aromatic heterocycles. The molecule has 27 heavy (non-hydrogen) atoms. The minimum absolute atomic E-state index is 0.0721. The number of anilines is 2. The molecule has 0 aliphatic rings. The van der Waals surface area contributed by atoms with Gasteiger partial charge >= 0.3 is 6.09 Å². The van der Waals surface area contributed by atoms with Crippen molar-refractivity contribution in [2.24, 2.45) is 7.05 Å². The largest absolute Gasteiger partial charge is 0.465 e. The molecular weight excluding hydrogens is 377 g/mol. The first-order valence-electron chi connectivity index (χ1n) is 7.77. The molecular formula is C16H15ClFN7O2. The molecule has 11 heteroatoms. The summed E-state index contributed by atoms with van der Waals surface area (Å²) >= 11 is 6.09. The zero-order valence-corrected chi connectivity index (χ0v) is 15.1. The van der Waals surface area contributed by atoms with Gasteiger partial charge in [-0.1, -0.05) is 17.7 Å². The summed E-state index contributed by atoms with van der Waals surface area (Å²) in [7, 11) is 1.77. The predicted octanol–water partition coefficient (Wildman–Crippen LogP) is 3.14. The molecule has 0 fully saturated rings. The molecule has 0 aliphatic carbocycles. The molecule has 1 aromatic carbocycles. The van der Waals surface area contributed by atoms with Crippen LogP contribution in [0.15, 0.2) is 30.9 Å². The van der Waals surface area contributed by atoms with Crippen molar-refractivity contribution in [2.75, 3.05) is 5.32 Å². The van der Waals surface area contributed by atoms with Crippen LogP contribution in [0.2, 0.25) is 5.02 Å². The third-order valence-corrected chi connectivity index (χ3v) is 4.08. The van der Waals surface area contributed by atoms with Crippen molar-refractivity contribution in [3.8, 4) is 11.4 Å². The zero-order chi connectivity index (χ0) is 19.6. The number of hydrogen-bond donors (Lipinski definition) is 3. The van der Waals surface area contributed by atoms with Gasteiger partial charge in [-0.05, 0) is 18.6 Å². The van der Waals surface area contributed by atoms with E-state index in [0.29, 0.717) is 11.3 Å². The van der Waals surface area contributed by atoms with Crippen molar-refractivity contribution < 1.29 is 14.3 Å². The van der Waals surface area contributed by atoms with Gasteiger partial charge in [-0.3, -0.25) is 4.68 Å². The number of carbonyl (C=O) groups is 1. The summed E-state index contributed by atoms with van der Waals surface area (Å²) in [6.45, 7) is 1.56. The Labute approximate surface area is 158 Å². The predicted molar refractivity (Wildman–Crippen MR) is 96.3 cm³/mol. The van der Waals surface area contributed by atoms with Gasteiger partial charge in [-0.2, -0.15) is 10.1 Å². The number of rotatable bonds is 5. The van der Waals surface area contributed by atoms with Gasteiger partial charge in [0.2, 0.25) is 5.95 Å². The molecule has 0 unspecified atom stereocenters. The number of benzene rings is 1. The highest BCUT2D eigenvalue weighted by molar-refractivity contribution is 6.31. The highest BCUT2D eigenvalue weighted by atomic mass is 35.5. The summed E-state index contributed by atoms with van der Waals surface area (Å²) in [6.07, 6.45) is 3.34. The lowest BCUT2D eigenvalue weighted by Crippen LogP contribution is -2.24. The van der Waals surface area contributed by atoms with Crippen LogP contribution in [-0.2, 0) is 7.05 Å². The van der Waals surface area contributed by atoms with E-state index >= 15 is 0 Å². The molecule has 2 heterocycles. The lowest BCUT2D eigenvalue weighted by atomic mass is 10.0. The highest BCUT2D eigenvalue weighted by Gasteiger charge is 2.19. The van der Waals surface area contributed by atoms with Crippen LogP contribution in [0.3, 0.4) is 0 Å². The van der Waals surface area contributed by atoms with Crippen molar-refractivity contribution in [3.63, 3.8) is 0 Å². The summed E-state index contributed by atoms with van der Waals surface area (Å²) in [4.78, 5) is 23.0. The van der Waals surface area contributed by atoms with Gasteiger partial charge < -0.3 is 15.7 Å². The monoisotopic (exact) mass is 391 g/mol. The average Bonchev–Trinajstić information content (AvgIpc) is 3.01. The number of nitrogens with zero attached hydrogens (tertiary/aromatic N) is 5. The maximum absolute atomic E-state index is 14.8. The molecule has 0 saturated heterocycles. The lowest BCUT2D eigenvalue weighted by Gasteiger charge is -2.15. The van der Waals surface area contributed by atoms with E-state index in [1.807, 2.05) is 0 Å². The fourth-order valence-corrected chi connectivity index (χ4v) is 2.76. The number of aromatic nitrogens is 5. The second kappa shape index (κ2) is 7.54. The topological polar surface area (TPSA) is 118 Å². The number of nitrogens with one attached hydrogen (secondary N) is 2. The highest BCUT2D eigenvalue weighted by Crippen LogP contribution is 2.32. The minimum Gasteiger partial charge on any atom is -0.465 e. The summed E-state index contributed by atoms with van der Waals surface area (Å²) in [6, 6.07) is 2.29. The van der Waals surface area contributed by atoms with E-state index in [-0.39, 0.29) is 22.4 Å². The molecule has 140 valence electrons. The summed E-state index contributed by atoms with van der Waals surface area (Å²) in [5.74, 6) is -0.443. The SMILES string of the molecule is C[C@@H](NC(=O)O)c1ccc(-c2ncnc(Nc3cnn(C)c3)n2)c(F)c1Cl. The van der Waals surface area contributed by atoms with E-state index in [1.165, 1.54) is 18.5 Å². The van der Waals surface area contributed by atoms with Crippen molar-refractivity contribution in [1.82, 2.24) is 30.0 Å². The molecule has 1 atom stereocenters. The second-order valence-electron chi connectivity index (χ2n) is 5.66. The molecule has 0 bridgehead atoms. The van der Waals surface area contributed by atoms with Gasteiger partial charge in [0.15, 0.2) is 11.6 Å². The number of halogens is 2. The minimum atomic E-state index is -1.23. The summed E-state index contributed by atoms with van der Waals surface area (Å²) < 4.78 is 16.4. The van der Waals surface area contributed by atoms with Gasteiger partial charge in [0.1, 0.15) is 6.33 Å². The Hall–Kier alpha value is -3.27. The Balaban J connectivity index is 1.91. The van der Waals surface area contributed by atoms with E-state index in [2.05, 4.69) is 30.7 Å². The zero-order valence-electron chi connectivity index (χ0n) is 14.3. The van der Waals surface area contributed by atoms with Gasteiger partial charge in [0, 0.05) is 13.2 Å². The summed E-state index contributed by atoms with van der Waals surface area (Å²) in [5.41, 5.74) is 1.04. The Morgan fingerprint density at radius 2 is 2.15 bits per heavy atom. The molecule has 0 saturated carbocycles. The third-order valence-electron chi connectivity index (χ3n) is 3.69. The van der Waals surface area contributed by atoms with Crippen LogP contribution < -0.4 is 10.6 Å².